The molecule has 3 rings (SSSR count). The molecule has 1 amide bonds. The topological polar surface area (TPSA) is 32.3 Å². The molecule has 3 nitrogen and oxygen atoms in total. The van der Waals surface area contributed by atoms with Crippen molar-refractivity contribution in [3.63, 3.8) is 0 Å². The number of anilines is 1. The maximum atomic E-state index is 12.6. The molecule has 1 heterocycles. The number of nitrogens with one attached hydrogen (secondary N) is 1. The van der Waals surface area contributed by atoms with Gasteiger partial charge in [-0.15, -0.1) is 0 Å². The number of hydrogen-bond acceptors (Lipinski definition) is 2. The predicted octanol–water partition coefficient (Wildman–Crippen LogP) is 4.20. The van der Waals surface area contributed by atoms with Crippen LogP contribution in [0.3, 0.4) is 0 Å². The lowest BCUT2D eigenvalue weighted by atomic mass is 10.1. The first-order valence-electron chi connectivity index (χ1n) is 9.06. The van der Waals surface area contributed by atoms with Gasteiger partial charge >= 0.3 is 6.18 Å². The van der Waals surface area contributed by atoms with E-state index in [0.717, 1.165) is 31.6 Å². The Bertz CT molecular complexity index is 787. The molecule has 1 unspecified atom stereocenters. The van der Waals surface area contributed by atoms with Gasteiger partial charge in [-0.2, -0.15) is 13.2 Å². The SMILES string of the molecule is Cc1ccccc1N1CCC(CNC(=O)Cc2ccc(C(F)(F)F)cc2)C1. The van der Waals surface area contributed by atoms with Crippen LogP contribution in [0.15, 0.2) is 48.5 Å². The van der Waals surface area contributed by atoms with Gasteiger partial charge in [0.2, 0.25) is 5.91 Å². The van der Waals surface area contributed by atoms with Gasteiger partial charge in [0, 0.05) is 25.3 Å². The summed E-state index contributed by atoms with van der Waals surface area (Å²) < 4.78 is 37.7. The number of aryl methyl sites for hydroxylation is 1. The summed E-state index contributed by atoms with van der Waals surface area (Å²) in [6, 6.07) is 13.0. The summed E-state index contributed by atoms with van der Waals surface area (Å²) in [4.78, 5) is 14.4. The minimum absolute atomic E-state index is 0.0896. The van der Waals surface area contributed by atoms with E-state index in [0.29, 0.717) is 18.0 Å². The molecule has 144 valence electrons. The molecule has 0 spiro atoms. The van der Waals surface area contributed by atoms with Gasteiger partial charge < -0.3 is 10.2 Å². The van der Waals surface area contributed by atoms with Crippen molar-refractivity contribution in [1.29, 1.82) is 0 Å². The van der Waals surface area contributed by atoms with E-state index in [1.165, 1.54) is 23.4 Å². The Kier molecular flexibility index (Phi) is 5.73. The number of alkyl halides is 3. The summed E-state index contributed by atoms with van der Waals surface area (Å²) in [6.45, 7) is 4.53. The van der Waals surface area contributed by atoms with Crippen molar-refractivity contribution in [2.75, 3.05) is 24.5 Å². The van der Waals surface area contributed by atoms with E-state index in [2.05, 4.69) is 29.3 Å². The van der Waals surface area contributed by atoms with Gasteiger partial charge in [-0.3, -0.25) is 4.79 Å². The number of nitrogens with zero attached hydrogens (tertiary/aromatic N) is 1. The summed E-state index contributed by atoms with van der Waals surface area (Å²) >= 11 is 0. The van der Waals surface area contributed by atoms with Gasteiger partial charge in [0.15, 0.2) is 0 Å². The van der Waals surface area contributed by atoms with Gasteiger partial charge in [-0.1, -0.05) is 30.3 Å². The zero-order valence-electron chi connectivity index (χ0n) is 15.2. The molecule has 0 saturated carbocycles. The van der Waals surface area contributed by atoms with Gasteiger partial charge in [0.25, 0.3) is 0 Å². The van der Waals surface area contributed by atoms with E-state index in [1.807, 2.05) is 12.1 Å². The molecule has 0 radical (unpaired) electrons. The van der Waals surface area contributed by atoms with Crippen LogP contribution in [0.4, 0.5) is 18.9 Å². The Hall–Kier alpha value is -2.50. The molecular weight excluding hydrogens is 353 g/mol. The van der Waals surface area contributed by atoms with Gasteiger partial charge in [-0.25, -0.2) is 0 Å². The predicted molar refractivity (Wildman–Crippen MR) is 99.7 cm³/mol. The highest BCUT2D eigenvalue weighted by Crippen LogP contribution is 2.29. The molecule has 2 aromatic rings. The van der Waals surface area contributed by atoms with Crippen LogP contribution in [0.1, 0.15) is 23.1 Å². The number of amides is 1. The third-order valence-corrected chi connectivity index (χ3v) is 4.98. The molecule has 1 N–H and O–H groups in total. The summed E-state index contributed by atoms with van der Waals surface area (Å²) in [6.07, 6.45) is -3.26. The van der Waals surface area contributed by atoms with Crippen molar-refractivity contribution in [3.05, 3.63) is 65.2 Å². The molecule has 0 aromatic heterocycles. The molecule has 0 aliphatic carbocycles. The second-order valence-electron chi connectivity index (χ2n) is 7.06. The van der Waals surface area contributed by atoms with Crippen molar-refractivity contribution in [1.82, 2.24) is 5.32 Å². The maximum absolute atomic E-state index is 12.6. The number of carbonyl (C=O) groups is 1. The van der Waals surface area contributed by atoms with Crippen LogP contribution in [-0.2, 0) is 17.4 Å². The molecule has 2 aromatic carbocycles. The zero-order valence-corrected chi connectivity index (χ0v) is 15.2. The van der Waals surface area contributed by atoms with Crippen LogP contribution in [0, 0.1) is 12.8 Å². The third-order valence-electron chi connectivity index (χ3n) is 4.98. The Morgan fingerprint density at radius 3 is 2.52 bits per heavy atom. The van der Waals surface area contributed by atoms with E-state index in [9.17, 15) is 18.0 Å². The largest absolute Gasteiger partial charge is 0.416 e. The van der Waals surface area contributed by atoms with Crippen LogP contribution in [-0.4, -0.2) is 25.5 Å². The standard InChI is InChI=1S/C21H23F3N2O/c1-15-4-2-3-5-19(15)26-11-10-17(14-26)13-25-20(27)12-16-6-8-18(9-7-16)21(22,23)24/h2-9,17H,10-14H2,1H3,(H,25,27). The zero-order chi connectivity index (χ0) is 19.4. The Labute approximate surface area is 157 Å². The van der Waals surface area contributed by atoms with Crippen LogP contribution >= 0.6 is 0 Å². The Balaban J connectivity index is 1.47. The second kappa shape index (κ2) is 8.03. The second-order valence-corrected chi connectivity index (χ2v) is 7.06. The fourth-order valence-corrected chi connectivity index (χ4v) is 3.45. The van der Waals surface area contributed by atoms with Crippen LogP contribution in [0.25, 0.3) is 0 Å². The van der Waals surface area contributed by atoms with Crippen molar-refractivity contribution < 1.29 is 18.0 Å². The lowest BCUT2D eigenvalue weighted by Crippen LogP contribution is -2.32. The number of carbonyl (C=O) groups excluding carboxylic acids is 1. The molecule has 1 saturated heterocycles. The molecule has 1 aliphatic rings. The minimum atomic E-state index is -4.35. The Morgan fingerprint density at radius 2 is 1.85 bits per heavy atom. The number of halogens is 3. The van der Waals surface area contributed by atoms with Crippen molar-refractivity contribution in [2.45, 2.75) is 25.9 Å². The number of hydrogen-bond donors (Lipinski definition) is 1. The van der Waals surface area contributed by atoms with Gasteiger partial charge in [-0.05, 0) is 48.6 Å². The van der Waals surface area contributed by atoms with Crippen LogP contribution in [0.2, 0.25) is 0 Å². The lowest BCUT2D eigenvalue weighted by Gasteiger charge is -2.21. The van der Waals surface area contributed by atoms with E-state index in [1.54, 1.807) is 0 Å². The Morgan fingerprint density at radius 1 is 1.15 bits per heavy atom. The quantitative estimate of drug-likeness (QED) is 0.848. The fraction of sp³-hybridized carbons (Fsp3) is 0.381. The highest BCUT2D eigenvalue weighted by Gasteiger charge is 2.30. The number of para-hydroxylation sites is 1. The van der Waals surface area contributed by atoms with E-state index in [-0.39, 0.29) is 12.3 Å². The smallest absolute Gasteiger partial charge is 0.371 e. The summed E-state index contributed by atoms with van der Waals surface area (Å²) in [5, 5.41) is 2.92. The summed E-state index contributed by atoms with van der Waals surface area (Å²) in [5.74, 6) is 0.213. The highest BCUT2D eigenvalue weighted by molar-refractivity contribution is 5.78. The first-order valence-corrected chi connectivity index (χ1v) is 9.06. The van der Waals surface area contributed by atoms with Gasteiger partial charge in [0.05, 0.1) is 12.0 Å². The summed E-state index contributed by atoms with van der Waals surface area (Å²) in [7, 11) is 0. The minimum Gasteiger partial charge on any atom is -0.371 e. The maximum Gasteiger partial charge on any atom is 0.416 e. The van der Waals surface area contributed by atoms with E-state index < -0.39 is 11.7 Å². The molecule has 1 aliphatic heterocycles. The number of rotatable bonds is 5. The first-order chi connectivity index (χ1) is 12.8. The third kappa shape index (κ3) is 5.02. The molecule has 1 fully saturated rings. The average Bonchev–Trinajstić information content (AvgIpc) is 3.09. The summed E-state index contributed by atoms with van der Waals surface area (Å²) in [5.41, 5.74) is 2.35. The van der Waals surface area contributed by atoms with E-state index in [4.69, 9.17) is 0 Å². The van der Waals surface area contributed by atoms with Crippen molar-refractivity contribution in [3.8, 4) is 0 Å². The molecule has 0 bridgehead atoms. The van der Waals surface area contributed by atoms with E-state index >= 15 is 0 Å². The highest BCUT2D eigenvalue weighted by atomic mass is 19.4. The average molecular weight is 376 g/mol. The monoisotopic (exact) mass is 376 g/mol. The molecular formula is C21H23F3N2O. The number of benzene rings is 2. The van der Waals surface area contributed by atoms with Crippen LogP contribution in [0.5, 0.6) is 0 Å². The first kappa shape index (κ1) is 19.3. The fourth-order valence-electron chi connectivity index (χ4n) is 3.45. The molecule has 27 heavy (non-hydrogen) atoms. The van der Waals surface area contributed by atoms with Crippen molar-refractivity contribution in [2.24, 2.45) is 5.92 Å². The van der Waals surface area contributed by atoms with Crippen molar-refractivity contribution >= 4 is 11.6 Å². The van der Waals surface area contributed by atoms with Gasteiger partial charge in [0.1, 0.15) is 0 Å². The van der Waals surface area contributed by atoms with Crippen LogP contribution < -0.4 is 10.2 Å². The lowest BCUT2D eigenvalue weighted by molar-refractivity contribution is -0.137. The molecule has 1 atom stereocenters. The normalized spacial score (nSPS) is 17.2. The molecule has 6 heteroatoms.